The number of pyridine rings is 1. The van der Waals surface area contributed by atoms with Gasteiger partial charge in [0.1, 0.15) is 5.82 Å². The van der Waals surface area contributed by atoms with Gasteiger partial charge in [-0.1, -0.05) is 36.4 Å². The van der Waals surface area contributed by atoms with Crippen LogP contribution in [0.4, 0.5) is 5.82 Å². The predicted octanol–water partition coefficient (Wildman–Crippen LogP) is 2.19. The number of anilines is 1. The number of aliphatic carboxylic acids is 1. The van der Waals surface area contributed by atoms with Crippen LogP contribution in [0, 0.1) is 5.92 Å². The fraction of sp³-hybridized carbons (Fsp3) is 0.188. The summed E-state index contributed by atoms with van der Waals surface area (Å²) in [7, 11) is 0. The first-order valence-corrected chi connectivity index (χ1v) is 6.71. The second-order valence-electron chi connectivity index (χ2n) is 4.99. The zero-order chi connectivity index (χ0) is 14.8. The molecule has 1 atom stereocenters. The van der Waals surface area contributed by atoms with Crippen LogP contribution in [-0.2, 0) is 9.59 Å². The number of benzene rings is 1. The molecule has 2 heterocycles. The molecule has 1 saturated heterocycles. The Morgan fingerprint density at radius 2 is 1.90 bits per heavy atom. The summed E-state index contributed by atoms with van der Waals surface area (Å²) in [5.74, 6) is -1.28. The van der Waals surface area contributed by atoms with E-state index in [4.69, 9.17) is 5.11 Å². The van der Waals surface area contributed by atoms with Gasteiger partial charge in [-0.3, -0.25) is 14.5 Å². The van der Waals surface area contributed by atoms with Crippen molar-refractivity contribution in [2.24, 2.45) is 5.92 Å². The van der Waals surface area contributed by atoms with Gasteiger partial charge in [0.15, 0.2) is 0 Å². The van der Waals surface area contributed by atoms with E-state index in [0.717, 1.165) is 11.3 Å². The Labute approximate surface area is 121 Å². The van der Waals surface area contributed by atoms with E-state index >= 15 is 0 Å². The van der Waals surface area contributed by atoms with Gasteiger partial charge in [0, 0.05) is 18.5 Å². The molecule has 0 spiro atoms. The molecule has 0 bridgehead atoms. The lowest BCUT2D eigenvalue weighted by molar-refractivity contribution is -0.141. The molecule has 1 aromatic carbocycles. The average Bonchev–Trinajstić information content (AvgIpc) is 2.91. The van der Waals surface area contributed by atoms with E-state index in [1.54, 1.807) is 6.07 Å². The Morgan fingerprint density at radius 1 is 1.14 bits per heavy atom. The van der Waals surface area contributed by atoms with E-state index in [1.165, 1.54) is 4.90 Å². The van der Waals surface area contributed by atoms with Crippen molar-refractivity contribution >= 4 is 17.7 Å². The van der Waals surface area contributed by atoms with Gasteiger partial charge in [0.25, 0.3) is 0 Å². The van der Waals surface area contributed by atoms with Crippen molar-refractivity contribution in [1.82, 2.24) is 4.98 Å². The Morgan fingerprint density at radius 3 is 2.57 bits per heavy atom. The maximum atomic E-state index is 12.0. The van der Waals surface area contributed by atoms with Crippen LogP contribution >= 0.6 is 0 Å². The highest BCUT2D eigenvalue weighted by Crippen LogP contribution is 2.26. The van der Waals surface area contributed by atoms with Gasteiger partial charge in [-0.05, 0) is 12.1 Å². The third-order valence-electron chi connectivity index (χ3n) is 3.55. The molecule has 5 heteroatoms. The summed E-state index contributed by atoms with van der Waals surface area (Å²) < 4.78 is 0. The van der Waals surface area contributed by atoms with E-state index in [2.05, 4.69) is 4.98 Å². The molecular formula is C16H14N2O3. The number of rotatable bonds is 3. The third-order valence-corrected chi connectivity index (χ3v) is 3.55. The molecular weight excluding hydrogens is 268 g/mol. The second-order valence-corrected chi connectivity index (χ2v) is 4.99. The third kappa shape index (κ3) is 2.63. The van der Waals surface area contributed by atoms with Crippen LogP contribution in [0.5, 0.6) is 0 Å². The number of amides is 1. The van der Waals surface area contributed by atoms with E-state index < -0.39 is 11.9 Å². The molecule has 2 aromatic rings. The van der Waals surface area contributed by atoms with Crippen molar-refractivity contribution in [2.75, 3.05) is 11.4 Å². The molecule has 106 valence electrons. The molecule has 3 rings (SSSR count). The molecule has 1 N–H and O–H groups in total. The summed E-state index contributed by atoms with van der Waals surface area (Å²) in [6.45, 7) is 0.180. The van der Waals surface area contributed by atoms with Crippen molar-refractivity contribution in [3.63, 3.8) is 0 Å². The monoisotopic (exact) mass is 282 g/mol. The zero-order valence-electron chi connectivity index (χ0n) is 11.3. The van der Waals surface area contributed by atoms with Gasteiger partial charge in [-0.25, -0.2) is 4.98 Å². The van der Waals surface area contributed by atoms with Crippen molar-refractivity contribution in [3.05, 3.63) is 48.5 Å². The standard InChI is InChI=1S/C16H14N2O3/c19-15-9-12(16(20)21)10-18(15)14-8-4-7-13(17-14)11-5-2-1-3-6-11/h1-8,12H,9-10H2,(H,20,21). The van der Waals surface area contributed by atoms with Crippen LogP contribution in [0.3, 0.4) is 0 Å². The average molecular weight is 282 g/mol. The Bertz CT molecular complexity index is 685. The van der Waals surface area contributed by atoms with Crippen molar-refractivity contribution in [3.8, 4) is 11.3 Å². The fourth-order valence-electron chi connectivity index (χ4n) is 2.44. The van der Waals surface area contributed by atoms with Crippen LogP contribution in [0.1, 0.15) is 6.42 Å². The molecule has 0 saturated carbocycles. The Hall–Kier alpha value is -2.69. The van der Waals surface area contributed by atoms with Crippen LogP contribution < -0.4 is 4.90 Å². The minimum atomic E-state index is -0.940. The van der Waals surface area contributed by atoms with Gasteiger partial charge in [-0.2, -0.15) is 0 Å². The van der Waals surface area contributed by atoms with E-state index in [0.29, 0.717) is 5.82 Å². The lowest BCUT2D eigenvalue weighted by Crippen LogP contribution is -2.26. The highest BCUT2D eigenvalue weighted by atomic mass is 16.4. The van der Waals surface area contributed by atoms with Gasteiger partial charge in [0.2, 0.25) is 5.91 Å². The largest absolute Gasteiger partial charge is 0.481 e. The molecule has 0 radical (unpaired) electrons. The van der Waals surface area contributed by atoms with Crippen molar-refractivity contribution in [1.29, 1.82) is 0 Å². The second kappa shape index (κ2) is 5.36. The number of carbonyl (C=O) groups is 2. The van der Waals surface area contributed by atoms with Gasteiger partial charge in [0.05, 0.1) is 11.6 Å². The number of nitrogens with zero attached hydrogens (tertiary/aromatic N) is 2. The highest BCUT2D eigenvalue weighted by Gasteiger charge is 2.35. The lowest BCUT2D eigenvalue weighted by atomic mass is 10.1. The molecule has 5 nitrogen and oxygen atoms in total. The summed E-state index contributed by atoms with van der Waals surface area (Å²) >= 11 is 0. The van der Waals surface area contributed by atoms with E-state index in [9.17, 15) is 9.59 Å². The number of aromatic nitrogens is 1. The summed E-state index contributed by atoms with van der Waals surface area (Å²) in [5, 5.41) is 9.03. The van der Waals surface area contributed by atoms with Crippen LogP contribution in [0.2, 0.25) is 0 Å². The molecule has 1 aliphatic rings. The van der Waals surface area contributed by atoms with Crippen molar-refractivity contribution in [2.45, 2.75) is 6.42 Å². The Balaban J connectivity index is 1.90. The topological polar surface area (TPSA) is 70.5 Å². The molecule has 1 aromatic heterocycles. The number of hydrogen-bond acceptors (Lipinski definition) is 3. The number of carbonyl (C=O) groups excluding carboxylic acids is 1. The smallest absolute Gasteiger partial charge is 0.308 e. The predicted molar refractivity (Wildman–Crippen MR) is 77.8 cm³/mol. The van der Waals surface area contributed by atoms with Crippen LogP contribution in [0.15, 0.2) is 48.5 Å². The normalized spacial score (nSPS) is 18.0. The minimum Gasteiger partial charge on any atom is -0.481 e. The number of carboxylic acids is 1. The SMILES string of the molecule is O=C(O)C1CC(=O)N(c2cccc(-c3ccccc3)n2)C1. The first kappa shape index (κ1) is 13.3. The first-order valence-electron chi connectivity index (χ1n) is 6.71. The molecule has 1 unspecified atom stereocenters. The first-order chi connectivity index (χ1) is 10.1. The fourth-order valence-corrected chi connectivity index (χ4v) is 2.44. The summed E-state index contributed by atoms with van der Waals surface area (Å²) in [6.07, 6.45) is 0.0343. The molecule has 0 aliphatic carbocycles. The lowest BCUT2D eigenvalue weighted by Gasteiger charge is -2.15. The van der Waals surface area contributed by atoms with E-state index in [1.807, 2.05) is 42.5 Å². The molecule has 21 heavy (non-hydrogen) atoms. The zero-order valence-corrected chi connectivity index (χ0v) is 11.3. The number of hydrogen-bond donors (Lipinski definition) is 1. The quantitative estimate of drug-likeness (QED) is 0.936. The summed E-state index contributed by atoms with van der Waals surface area (Å²) in [4.78, 5) is 28.9. The highest BCUT2D eigenvalue weighted by molar-refractivity contribution is 5.98. The Kier molecular flexibility index (Phi) is 3.39. The molecule has 1 aliphatic heterocycles. The van der Waals surface area contributed by atoms with Gasteiger partial charge < -0.3 is 5.11 Å². The van der Waals surface area contributed by atoms with Gasteiger partial charge >= 0.3 is 5.97 Å². The number of carboxylic acid groups (broad SMARTS) is 1. The molecule has 1 fully saturated rings. The molecule has 1 amide bonds. The summed E-state index contributed by atoms with van der Waals surface area (Å²) in [6, 6.07) is 15.1. The van der Waals surface area contributed by atoms with Crippen LogP contribution in [-0.4, -0.2) is 28.5 Å². The van der Waals surface area contributed by atoms with Gasteiger partial charge in [-0.15, -0.1) is 0 Å². The van der Waals surface area contributed by atoms with E-state index in [-0.39, 0.29) is 18.9 Å². The summed E-state index contributed by atoms with van der Waals surface area (Å²) in [5.41, 5.74) is 1.72. The maximum Gasteiger partial charge on any atom is 0.308 e. The maximum absolute atomic E-state index is 12.0. The van der Waals surface area contributed by atoms with Crippen molar-refractivity contribution < 1.29 is 14.7 Å². The minimum absolute atomic E-state index is 0.0343. The van der Waals surface area contributed by atoms with Crippen LogP contribution in [0.25, 0.3) is 11.3 Å².